The van der Waals surface area contributed by atoms with Gasteiger partial charge in [-0.25, -0.2) is 4.98 Å². The minimum absolute atomic E-state index is 0.0504. The molecule has 1 aromatic carbocycles. The molecule has 3 heterocycles. The molecule has 1 aliphatic carbocycles. The second kappa shape index (κ2) is 10.2. The largest absolute Gasteiger partial charge is 0.379 e. The summed E-state index contributed by atoms with van der Waals surface area (Å²) in [4.78, 5) is 37.2. The molecule has 1 aliphatic heterocycles. The van der Waals surface area contributed by atoms with E-state index in [1.165, 1.54) is 4.88 Å². The number of para-hydroxylation sites is 1. The van der Waals surface area contributed by atoms with Gasteiger partial charge in [-0.05, 0) is 49.1 Å². The van der Waals surface area contributed by atoms with Crippen molar-refractivity contribution in [2.45, 2.75) is 44.2 Å². The van der Waals surface area contributed by atoms with Crippen molar-refractivity contribution in [2.75, 3.05) is 37.9 Å². The van der Waals surface area contributed by atoms with Gasteiger partial charge in [0.1, 0.15) is 17.2 Å². The van der Waals surface area contributed by atoms with Crippen LogP contribution in [-0.4, -0.2) is 52.9 Å². The number of fused-ring (bicyclic) bond motifs is 3. The van der Waals surface area contributed by atoms with Crippen LogP contribution >= 0.6 is 23.1 Å². The number of nitrogens with one attached hydrogen (secondary N) is 1. The van der Waals surface area contributed by atoms with E-state index in [1.807, 2.05) is 30.5 Å². The lowest BCUT2D eigenvalue weighted by Gasteiger charge is -2.27. The van der Waals surface area contributed by atoms with E-state index in [0.717, 1.165) is 58.7 Å². The van der Waals surface area contributed by atoms with Crippen LogP contribution in [0.15, 0.2) is 34.0 Å². The minimum Gasteiger partial charge on any atom is -0.379 e. The van der Waals surface area contributed by atoms with E-state index in [-0.39, 0.29) is 18.0 Å². The number of carbonyl (C=O) groups excluding carboxylic acids is 1. The van der Waals surface area contributed by atoms with Gasteiger partial charge in [-0.1, -0.05) is 19.1 Å². The predicted molar refractivity (Wildman–Crippen MR) is 138 cm³/mol. The van der Waals surface area contributed by atoms with Crippen LogP contribution in [0, 0.1) is 5.92 Å². The lowest BCUT2D eigenvalue weighted by molar-refractivity contribution is -0.116. The predicted octanol–water partition coefficient (Wildman–Crippen LogP) is 3.78. The zero-order valence-corrected chi connectivity index (χ0v) is 21.3. The molecule has 1 N–H and O–H groups in total. The molecule has 0 bridgehead atoms. The zero-order chi connectivity index (χ0) is 23.7. The van der Waals surface area contributed by atoms with Gasteiger partial charge in [-0.3, -0.25) is 19.1 Å². The number of rotatable bonds is 6. The number of morpholine rings is 1. The number of anilines is 1. The summed E-state index contributed by atoms with van der Waals surface area (Å²) in [5.74, 6) is 1.06. The van der Waals surface area contributed by atoms with Gasteiger partial charge in [-0.15, -0.1) is 23.1 Å². The number of nitrogens with zero attached hydrogens (tertiary/aromatic N) is 3. The first kappa shape index (κ1) is 23.5. The van der Waals surface area contributed by atoms with E-state index >= 15 is 0 Å². The molecular formula is C25H30N4O3S2. The molecule has 7 nitrogen and oxygen atoms in total. The highest BCUT2D eigenvalue weighted by molar-refractivity contribution is 7.98. The fraction of sp³-hybridized carbons (Fsp3) is 0.480. The maximum absolute atomic E-state index is 13.8. The van der Waals surface area contributed by atoms with Gasteiger partial charge < -0.3 is 10.1 Å². The summed E-state index contributed by atoms with van der Waals surface area (Å²) in [7, 11) is 0. The zero-order valence-electron chi connectivity index (χ0n) is 19.6. The van der Waals surface area contributed by atoms with Gasteiger partial charge in [0.2, 0.25) is 5.91 Å². The van der Waals surface area contributed by atoms with Crippen LogP contribution < -0.4 is 10.9 Å². The lowest BCUT2D eigenvalue weighted by atomic mass is 9.89. The molecule has 1 amide bonds. The van der Waals surface area contributed by atoms with Crippen molar-refractivity contribution >= 4 is 44.9 Å². The number of amides is 1. The highest BCUT2D eigenvalue weighted by Crippen LogP contribution is 2.36. The van der Waals surface area contributed by atoms with Crippen molar-refractivity contribution < 1.29 is 9.53 Å². The van der Waals surface area contributed by atoms with Crippen LogP contribution in [0.1, 0.15) is 29.6 Å². The number of thioether (sulfide) groups is 1. The number of aryl methyl sites for hydroxylation is 1. The number of hydrogen-bond acceptors (Lipinski definition) is 7. The molecule has 1 atom stereocenters. The number of benzene rings is 1. The Hall–Kier alpha value is -2.20. The summed E-state index contributed by atoms with van der Waals surface area (Å²) in [5, 5.41) is 3.72. The quantitative estimate of drug-likeness (QED) is 0.522. The third kappa shape index (κ3) is 4.79. The minimum atomic E-state index is -0.217. The molecule has 34 heavy (non-hydrogen) atoms. The molecule has 1 fully saturated rings. The molecule has 2 aromatic heterocycles. The Morgan fingerprint density at radius 3 is 2.88 bits per heavy atom. The Kier molecular flexibility index (Phi) is 7.06. The summed E-state index contributed by atoms with van der Waals surface area (Å²) in [6.45, 7) is 5.67. The summed E-state index contributed by atoms with van der Waals surface area (Å²) in [5.41, 5.74) is 1.82. The maximum Gasteiger partial charge on any atom is 0.263 e. The first-order valence-electron chi connectivity index (χ1n) is 11.8. The normalized spacial score (nSPS) is 18.7. The number of hydrogen-bond donors (Lipinski definition) is 1. The SMILES string of the molecule is CSc1ccccc1NC(=O)Cn1c(CN2CCOCC2)nc2sc3c(c2c1=O)CCC(C)C3. The van der Waals surface area contributed by atoms with E-state index in [4.69, 9.17) is 9.72 Å². The topological polar surface area (TPSA) is 76.5 Å². The molecule has 0 saturated carbocycles. The lowest BCUT2D eigenvalue weighted by Crippen LogP contribution is -2.39. The number of thiophene rings is 1. The van der Waals surface area contributed by atoms with Crippen LogP contribution in [0.25, 0.3) is 10.2 Å². The van der Waals surface area contributed by atoms with Gasteiger partial charge in [0, 0.05) is 22.9 Å². The van der Waals surface area contributed by atoms with E-state index in [9.17, 15) is 9.59 Å². The van der Waals surface area contributed by atoms with Crippen molar-refractivity contribution in [3.8, 4) is 0 Å². The van der Waals surface area contributed by atoms with Gasteiger partial charge in [-0.2, -0.15) is 0 Å². The van der Waals surface area contributed by atoms with Gasteiger partial charge in [0.25, 0.3) is 5.56 Å². The summed E-state index contributed by atoms with van der Waals surface area (Å²) in [6.07, 6.45) is 4.97. The van der Waals surface area contributed by atoms with Crippen molar-refractivity contribution in [3.63, 3.8) is 0 Å². The number of aromatic nitrogens is 2. The third-order valence-electron chi connectivity index (χ3n) is 6.65. The van der Waals surface area contributed by atoms with Crippen LogP contribution in [0.4, 0.5) is 5.69 Å². The molecule has 2 aliphatic rings. The van der Waals surface area contributed by atoms with Crippen LogP contribution in [0.5, 0.6) is 0 Å². The standard InChI is InChI=1S/C25H30N4O3S2/c1-16-7-8-17-20(13-16)34-24-23(17)25(31)29(21(27-24)14-28-9-11-32-12-10-28)15-22(30)26-18-5-3-4-6-19(18)33-2/h3-6,16H,7-15H2,1-2H3,(H,26,30). The Balaban J connectivity index is 1.52. The average Bonchev–Trinajstić information content (AvgIpc) is 3.20. The molecule has 0 spiro atoms. The molecule has 5 rings (SSSR count). The van der Waals surface area contributed by atoms with E-state index < -0.39 is 0 Å². The summed E-state index contributed by atoms with van der Waals surface area (Å²) < 4.78 is 7.08. The monoisotopic (exact) mass is 498 g/mol. The Morgan fingerprint density at radius 2 is 2.09 bits per heavy atom. The van der Waals surface area contributed by atoms with Crippen LogP contribution in [0.2, 0.25) is 0 Å². The summed E-state index contributed by atoms with van der Waals surface area (Å²) in [6, 6.07) is 7.71. The third-order valence-corrected chi connectivity index (χ3v) is 8.59. The fourth-order valence-electron chi connectivity index (χ4n) is 4.79. The molecule has 1 unspecified atom stereocenters. The molecule has 1 saturated heterocycles. The highest BCUT2D eigenvalue weighted by Gasteiger charge is 2.26. The first-order chi connectivity index (χ1) is 16.5. The second-order valence-electron chi connectivity index (χ2n) is 9.09. The van der Waals surface area contributed by atoms with Crippen LogP contribution in [-0.2, 0) is 35.5 Å². The molecular weight excluding hydrogens is 468 g/mol. The van der Waals surface area contributed by atoms with E-state index in [0.29, 0.717) is 31.5 Å². The van der Waals surface area contributed by atoms with Crippen molar-refractivity contribution in [1.82, 2.24) is 14.5 Å². The molecule has 180 valence electrons. The van der Waals surface area contributed by atoms with Gasteiger partial charge in [0.15, 0.2) is 0 Å². The average molecular weight is 499 g/mol. The van der Waals surface area contributed by atoms with Crippen molar-refractivity contribution in [3.05, 3.63) is 50.9 Å². The van der Waals surface area contributed by atoms with Gasteiger partial charge in [0.05, 0.1) is 30.8 Å². The van der Waals surface area contributed by atoms with Crippen molar-refractivity contribution in [1.29, 1.82) is 0 Å². The molecule has 0 radical (unpaired) electrons. The Labute approximate surface area is 207 Å². The second-order valence-corrected chi connectivity index (χ2v) is 11.0. The van der Waals surface area contributed by atoms with E-state index in [2.05, 4.69) is 17.1 Å². The first-order valence-corrected chi connectivity index (χ1v) is 13.8. The Morgan fingerprint density at radius 1 is 1.29 bits per heavy atom. The van der Waals surface area contributed by atoms with Crippen LogP contribution in [0.3, 0.4) is 0 Å². The van der Waals surface area contributed by atoms with E-state index in [1.54, 1.807) is 27.7 Å². The smallest absolute Gasteiger partial charge is 0.263 e. The maximum atomic E-state index is 13.8. The Bertz CT molecular complexity index is 1260. The summed E-state index contributed by atoms with van der Waals surface area (Å²) >= 11 is 3.24. The molecule has 3 aromatic rings. The molecule has 9 heteroatoms. The number of carbonyl (C=O) groups is 1. The number of ether oxygens (including phenoxy) is 1. The fourth-order valence-corrected chi connectivity index (χ4v) is 6.74. The van der Waals surface area contributed by atoms with Crippen molar-refractivity contribution in [2.24, 2.45) is 5.92 Å². The highest BCUT2D eigenvalue weighted by atomic mass is 32.2. The van der Waals surface area contributed by atoms with Gasteiger partial charge >= 0.3 is 0 Å².